The number of rotatable bonds is 18. The molecule has 3 aromatic heterocycles. The number of carboxylic acids is 9. The Kier molecular flexibility index (Phi) is 36.5. The van der Waals surface area contributed by atoms with E-state index >= 15 is 0 Å². The summed E-state index contributed by atoms with van der Waals surface area (Å²) >= 11 is 0. The Balaban J connectivity index is -0.000000319. The Morgan fingerprint density at radius 2 is 0.705 bits per heavy atom. The molecule has 3 rings (SSSR count). The van der Waals surface area contributed by atoms with Crippen LogP contribution in [-0.4, -0.2) is 117 Å². The Labute approximate surface area is 358 Å². The molecule has 0 aromatic carbocycles. The van der Waals surface area contributed by atoms with Crippen LogP contribution in [0.4, 0.5) is 0 Å². The van der Waals surface area contributed by atoms with Gasteiger partial charge in [-0.25, -0.2) is 15.0 Å². The van der Waals surface area contributed by atoms with E-state index in [-0.39, 0.29) is 59.6 Å². The number of aromatic amines is 3. The zero-order chi connectivity index (χ0) is 46.6. The number of nitrogens with one attached hydrogen (secondary N) is 3. The maximum atomic E-state index is 9.88. The van der Waals surface area contributed by atoms with Gasteiger partial charge in [0.25, 0.3) is 0 Å². The Morgan fingerprint density at radius 3 is 0.836 bits per heavy atom. The van der Waals surface area contributed by atoms with Gasteiger partial charge >= 0.3 is 39.0 Å². The molecule has 27 nitrogen and oxygen atoms in total. The molecule has 0 aliphatic carbocycles. The van der Waals surface area contributed by atoms with Gasteiger partial charge in [-0.05, 0) is 55.7 Å². The average molecular weight is 946 g/mol. The third-order valence-electron chi connectivity index (χ3n) is 5.64. The predicted octanol–water partition coefficient (Wildman–Crippen LogP) is -8.70. The number of aliphatic carboxylic acids is 9. The molecule has 0 amide bonds. The van der Waals surface area contributed by atoms with Crippen molar-refractivity contribution in [3.8, 4) is 0 Å². The first-order chi connectivity index (χ1) is 28.0. The molecule has 3 atom stereocenters. The van der Waals surface area contributed by atoms with Crippen molar-refractivity contribution in [3.63, 3.8) is 0 Å². The maximum absolute atomic E-state index is 9.88. The number of H-pyrrole nitrogens is 3. The Morgan fingerprint density at radius 1 is 0.492 bits per heavy atom. The summed E-state index contributed by atoms with van der Waals surface area (Å²) in [5, 5.41) is 83.4. The number of imidazole rings is 3. The Hall–Kier alpha value is -7.35. The molecule has 0 bridgehead atoms. The van der Waals surface area contributed by atoms with Gasteiger partial charge < -0.3 is 107 Å². The van der Waals surface area contributed by atoms with Crippen LogP contribution in [0.5, 0.6) is 0 Å². The van der Waals surface area contributed by atoms with E-state index in [9.17, 15) is 73.8 Å². The average Bonchev–Trinajstić information content (AvgIpc) is 3.99. The van der Waals surface area contributed by atoms with Crippen molar-refractivity contribution in [2.45, 2.75) is 56.7 Å². The first-order valence-corrected chi connectivity index (χ1v) is 16.2. The second-order valence-corrected chi connectivity index (χ2v) is 10.5. The van der Waals surface area contributed by atoms with Crippen molar-refractivity contribution in [3.05, 3.63) is 72.9 Å². The summed E-state index contributed by atoms with van der Waals surface area (Å²) in [6.45, 7) is 0. The van der Waals surface area contributed by atoms with Crippen LogP contribution in [0, 0.1) is 0 Å². The van der Waals surface area contributed by atoms with Crippen LogP contribution in [0.3, 0.4) is 0 Å². The summed E-state index contributed by atoms with van der Waals surface area (Å²) in [6, 6.07) is -3.51. The number of carboxylic acid groups (broad SMARTS) is 9. The van der Waals surface area contributed by atoms with Crippen LogP contribution in [0.1, 0.15) is 55.6 Å². The van der Waals surface area contributed by atoms with Gasteiger partial charge in [0.05, 0.1) is 71.9 Å². The summed E-state index contributed by atoms with van der Waals surface area (Å²) in [4.78, 5) is 108. The van der Waals surface area contributed by atoms with E-state index in [1.54, 1.807) is 18.6 Å². The quantitative estimate of drug-likeness (QED) is 0.0422. The molecule has 0 saturated carbocycles. The zero-order valence-electron chi connectivity index (χ0n) is 31.4. The molecule has 0 aliphatic heterocycles. The minimum Gasteiger partial charge on any atom is -0.548 e. The van der Waals surface area contributed by atoms with E-state index in [1.165, 1.54) is 37.2 Å². The number of nitrogens with zero attached hydrogens (tertiary/aromatic N) is 3. The predicted molar refractivity (Wildman–Crippen MR) is 187 cm³/mol. The molecule has 3 heterocycles. The number of carbonyl (C=O) groups is 9. The number of hydrogen-bond donors (Lipinski definition) is 9. The van der Waals surface area contributed by atoms with Crippen LogP contribution in [-0.2, 0) is 64.2 Å². The number of carbonyl (C=O) groups excluding carboxylic acids is 6. The molecule has 61 heavy (non-hydrogen) atoms. The van der Waals surface area contributed by atoms with Crippen LogP contribution >= 0.6 is 0 Å². The van der Waals surface area contributed by atoms with Gasteiger partial charge in [-0.15, -0.1) is 0 Å². The molecule has 12 N–H and O–H groups in total. The summed E-state index contributed by atoms with van der Waals surface area (Å²) in [6.07, 6.45) is 15.0. The first kappa shape index (κ1) is 60.3. The molecule has 28 heteroatoms. The number of aromatic nitrogens is 6. The second kappa shape index (κ2) is 37.0. The topological polar surface area (TPSA) is 517 Å². The van der Waals surface area contributed by atoms with Gasteiger partial charge in [0.15, 0.2) is 0 Å². The molecular weight excluding hydrogens is 906 g/mol. The minimum atomic E-state index is -1.42. The fourth-order valence-corrected chi connectivity index (χ4v) is 2.74. The van der Waals surface area contributed by atoms with Crippen molar-refractivity contribution < 1.29 is 110 Å². The van der Waals surface area contributed by atoms with Gasteiger partial charge in [0.2, 0.25) is 0 Å². The molecule has 0 saturated heterocycles. The maximum Gasteiger partial charge on any atom is 6.00 e. The van der Waals surface area contributed by atoms with E-state index < -0.39 is 71.8 Å². The third-order valence-corrected chi connectivity index (χ3v) is 5.64. The number of hydrogen-bond acceptors (Lipinski definition) is 21. The van der Waals surface area contributed by atoms with Gasteiger partial charge in [0.1, 0.15) is 0 Å². The Bertz CT molecular complexity index is 1620. The summed E-state index contributed by atoms with van der Waals surface area (Å²) in [5.41, 5.74) is 16.5. The van der Waals surface area contributed by atoms with Crippen LogP contribution in [0.25, 0.3) is 18.2 Å². The molecule has 0 spiro atoms. The molecule has 0 aliphatic rings. The summed E-state index contributed by atoms with van der Waals surface area (Å²) in [7, 11) is 0. The van der Waals surface area contributed by atoms with Crippen LogP contribution in [0.15, 0.2) is 55.8 Å². The van der Waals surface area contributed by atoms with E-state index in [1.807, 2.05) is 0 Å². The van der Waals surface area contributed by atoms with Gasteiger partial charge in [-0.1, -0.05) is 0 Å². The summed E-state index contributed by atoms with van der Waals surface area (Å²) < 4.78 is 0. The molecule has 0 fully saturated rings. The standard InChI is InChI=1S/3C6H6N2O2.3C5H9NO4.Mo/c3*9-6(10)2-1-5-3-7-4-8-5;3*6-3(5(9)10)1-2-4(7)8;/h3*1-4H,(H,7,8)(H,9,10);3*3H,1-2,6H2,(H,7,8)(H,9,10);/q;;;;;;+6/p-6/t;;;3*3-;/m...000./s1. The molecule has 3 aromatic rings. The molecule has 0 radical (unpaired) electrons. The molecule has 330 valence electrons. The monoisotopic (exact) mass is 947 g/mol. The number of nitrogens with two attached hydrogens (primary N) is 3. The fourth-order valence-electron chi connectivity index (χ4n) is 2.74. The van der Waals surface area contributed by atoms with Crippen molar-refractivity contribution >= 4 is 72.0 Å². The van der Waals surface area contributed by atoms with Crippen molar-refractivity contribution in [2.24, 2.45) is 17.2 Å². The van der Waals surface area contributed by atoms with Crippen molar-refractivity contribution in [1.29, 1.82) is 0 Å². The van der Waals surface area contributed by atoms with Crippen LogP contribution in [0.2, 0.25) is 0 Å². The van der Waals surface area contributed by atoms with Crippen molar-refractivity contribution in [1.82, 2.24) is 29.9 Å². The SMILES string of the molecule is N[C@@H](CCC(=O)O)C(=O)[O-].N[C@@H](CCC(=O)O)C(=O)[O-].N[C@@H](CCC(=O)O)C(=O)[O-].O=C([O-])C=Cc1c[nH]cn1.O=C([O-])C=Cc1c[nH]cn1.O=C([O-])C=Cc1c[nH]cn1.[Mo+6]. The zero-order valence-corrected chi connectivity index (χ0v) is 33.4. The van der Waals surface area contributed by atoms with Crippen molar-refractivity contribution in [2.75, 3.05) is 0 Å². The van der Waals surface area contributed by atoms with Gasteiger partial charge in [0, 0.05) is 56.0 Å². The van der Waals surface area contributed by atoms with E-state index in [0.29, 0.717) is 17.1 Å². The van der Waals surface area contributed by atoms with E-state index in [4.69, 9.17) is 32.5 Å². The molecular formula is C33H39MoN9O18. The van der Waals surface area contributed by atoms with Gasteiger partial charge in [-0.3, -0.25) is 14.4 Å². The minimum absolute atomic E-state index is 0. The fraction of sp³-hybridized carbons (Fsp3) is 0.273. The van der Waals surface area contributed by atoms with Gasteiger partial charge in [-0.2, -0.15) is 0 Å². The van der Waals surface area contributed by atoms with Crippen LogP contribution < -0.4 is 47.8 Å². The smallest absolute Gasteiger partial charge is 0.548 e. The van der Waals surface area contributed by atoms with E-state index in [2.05, 4.69) is 29.9 Å². The summed E-state index contributed by atoms with van der Waals surface area (Å²) in [5.74, 6) is -11.1. The normalized spacial score (nSPS) is 11.3. The van der Waals surface area contributed by atoms with E-state index in [0.717, 1.165) is 18.2 Å². The second-order valence-electron chi connectivity index (χ2n) is 10.5. The third kappa shape index (κ3) is 43.6. The first-order valence-electron chi connectivity index (χ1n) is 16.2. The molecule has 0 unspecified atom stereocenters. The largest absolute Gasteiger partial charge is 6.00 e.